The van der Waals surface area contributed by atoms with Crippen molar-refractivity contribution in [3.05, 3.63) is 24.3 Å². The third kappa shape index (κ3) is 6.46. The number of hydrogen-bond donors (Lipinski definition) is 2. The first-order valence-corrected chi connectivity index (χ1v) is 8.95. The van der Waals surface area contributed by atoms with Crippen molar-refractivity contribution in [1.82, 2.24) is 15.5 Å². The minimum atomic E-state index is 0.0127. The second-order valence-electron chi connectivity index (χ2n) is 6.81. The van der Waals surface area contributed by atoms with Gasteiger partial charge in [-0.05, 0) is 51.9 Å². The van der Waals surface area contributed by atoms with Crippen LogP contribution in [0.3, 0.4) is 0 Å². The van der Waals surface area contributed by atoms with E-state index in [-0.39, 0.29) is 6.10 Å². The summed E-state index contributed by atoms with van der Waals surface area (Å²) in [5.74, 6) is 3.23. The molecule has 0 bridgehead atoms. The zero-order valence-corrected chi connectivity index (χ0v) is 16.1. The summed E-state index contributed by atoms with van der Waals surface area (Å²) < 4.78 is 11.2. The van der Waals surface area contributed by atoms with Gasteiger partial charge in [0.25, 0.3) is 0 Å². The Balaban J connectivity index is 1.75. The number of aliphatic imine (C=N–C) groups is 1. The molecule has 0 saturated heterocycles. The van der Waals surface area contributed by atoms with Gasteiger partial charge in [-0.15, -0.1) is 0 Å². The second kappa shape index (κ2) is 9.51. The van der Waals surface area contributed by atoms with Crippen LogP contribution in [0, 0.1) is 5.92 Å². The van der Waals surface area contributed by atoms with Crippen LogP contribution in [0.25, 0.3) is 0 Å². The van der Waals surface area contributed by atoms with Gasteiger partial charge in [0.05, 0.1) is 13.7 Å². The van der Waals surface area contributed by atoms with Gasteiger partial charge >= 0.3 is 0 Å². The molecule has 2 unspecified atom stereocenters. The predicted octanol–water partition coefficient (Wildman–Crippen LogP) is 1.97. The Morgan fingerprint density at radius 1 is 1.24 bits per heavy atom. The first kappa shape index (κ1) is 19.4. The maximum atomic E-state index is 5.93. The molecule has 6 heteroatoms. The lowest BCUT2D eigenvalue weighted by atomic mass is 10.1. The Hall–Kier alpha value is -1.95. The van der Waals surface area contributed by atoms with E-state index in [0.717, 1.165) is 29.9 Å². The van der Waals surface area contributed by atoms with Gasteiger partial charge in [-0.1, -0.05) is 6.07 Å². The number of likely N-dealkylation sites (N-methyl/N-ethyl adjacent to an activating group) is 1. The molecule has 140 valence electrons. The first-order chi connectivity index (χ1) is 12.0. The molecule has 0 spiro atoms. The van der Waals surface area contributed by atoms with Gasteiger partial charge in [-0.25, -0.2) is 0 Å². The molecule has 1 aromatic carbocycles. The summed E-state index contributed by atoms with van der Waals surface area (Å²) in [7, 11) is 7.74. The second-order valence-corrected chi connectivity index (χ2v) is 6.81. The molecule has 0 aliphatic heterocycles. The van der Waals surface area contributed by atoms with Crippen LogP contribution < -0.4 is 20.1 Å². The summed E-state index contributed by atoms with van der Waals surface area (Å²) in [5, 5.41) is 6.77. The molecule has 1 aliphatic rings. The minimum Gasteiger partial charge on any atom is -0.497 e. The number of methoxy groups -OCH3 is 1. The molecule has 2 rings (SSSR count). The van der Waals surface area contributed by atoms with Crippen molar-refractivity contribution in [1.29, 1.82) is 0 Å². The average Bonchev–Trinajstić information content (AvgIpc) is 3.42. The molecule has 1 saturated carbocycles. The van der Waals surface area contributed by atoms with Gasteiger partial charge in [-0.3, -0.25) is 4.99 Å². The summed E-state index contributed by atoms with van der Waals surface area (Å²) in [5.41, 5.74) is 0. The van der Waals surface area contributed by atoms with Crippen molar-refractivity contribution in [3.8, 4) is 11.5 Å². The van der Waals surface area contributed by atoms with E-state index in [4.69, 9.17) is 9.47 Å². The van der Waals surface area contributed by atoms with E-state index < -0.39 is 0 Å². The number of nitrogens with one attached hydrogen (secondary N) is 2. The van der Waals surface area contributed by atoms with Crippen molar-refractivity contribution < 1.29 is 9.47 Å². The zero-order chi connectivity index (χ0) is 18.2. The molecule has 0 aromatic heterocycles. The van der Waals surface area contributed by atoms with Crippen LogP contribution in [-0.2, 0) is 0 Å². The topological polar surface area (TPSA) is 58.1 Å². The summed E-state index contributed by atoms with van der Waals surface area (Å²) >= 11 is 0. The first-order valence-electron chi connectivity index (χ1n) is 8.95. The fourth-order valence-electron chi connectivity index (χ4n) is 2.86. The van der Waals surface area contributed by atoms with Gasteiger partial charge in [0.2, 0.25) is 0 Å². The summed E-state index contributed by atoms with van der Waals surface area (Å²) in [4.78, 5) is 6.60. The van der Waals surface area contributed by atoms with E-state index in [1.165, 1.54) is 12.8 Å². The fourth-order valence-corrected chi connectivity index (χ4v) is 2.86. The minimum absolute atomic E-state index is 0.0127. The van der Waals surface area contributed by atoms with Crippen molar-refractivity contribution >= 4 is 5.96 Å². The molecule has 6 nitrogen and oxygen atoms in total. The van der Waals surface area contributed by atoms with Gasteiger partial charge < -0.3 is 25.0 Å². The lowest BCUT2D eigenvalue weighted by molar-refractivity contribution is 0.222. The quantitative estimate of drug-likeness (QED) is 0.528. The number of rotatable bonds is 9. The van der Waals surface area contributed by atoms with Crippen molar-refractivity contribution in [2.45, 2.75) is 31.9 Å². The number of hydrogen-bond acceptors (Lipinski definition) is 4. The van der Waals surface area contributed by atoms with Crippen LogP contribution in [0.2, 0.25) is 0 Å². The highest BCUT2D eigenvalue weighted by atomic mass is 16.5. The van der Waals surface area contributed by atoms with Gasteiger partial charge in [0.15, 0.2) is 5.96 Å². The summed E-state index contributed by atoms with van der Waals surface area (Å²) in [6, 6.07) is 8.21. The van der Waals surface area contributed by atoms with Crippen LogP contribution in [0.15, 0.2) is 29.3 Å². The molecular formula is C19H32N4O2. The summed E-state index contributed by atoms with van der Waals surface area (Å²) in [6.45, 7) is 3.61. The average molecular weight is 348 g/mol. The zero-order valence-electron chi connectivity index (χ0n) is 16.1. The van der Waals surface area contributed by atoms with E-state index >= 15 is 0 Å². The van der Waals surface area contributed by atoms with E-state index in [0.29, 0.717) is 12.6 Å². The largest absolute Gasteiger partial charge is 0.497 e. The van der Waals surface area contributed by atoms with E-state index in [2.05, 4.69) is 34.6 Å². The fraction of sp³-hybridized carbons (Fsp3) is 0.632. The highest BCUT2D eigenvalue weighted by Gasteiger charge is 2.32. The monoisotopic (exact) mass is 348 g/mol. The Bertz CT molecular complexity index is 556. The molecule has 0 radical (unpaired) electrons. The molecule has 1 aromatic rings. The van der Waals surface area contributed by atoms with E-state index in [1.807, 2.05) is 31.2 Å². The highest BCUT2D eigenvalue weighted by Crippen LogP contribution is 2.34. The van der Waals surface area contributed by atoms with Crippen molar-refractivity contribution in [2.24, 2.45) is 10.9 Å². The normalized spacial score (nSPS) is 17.1. The Kier molecular flexibility index (Phi) is 7.37. The van der Waals surface area contributed by atoms with Crippen LogP contribution in [-0.4, -0.2) is 64.3 Å². The van der Waals surface area contributed by atoms with Gasteiger partial charge in [0, 0.05) is 25.7 Å². The van der Waals surface area contributed by atoms with Crippen LogP contribution in [0.5, 0.6) is 11.5 Å². The third-order valence-electron chi connectivity index (χ3n) is 4.47. The number of ether oxygens (including phenoxy) is 2. The van der Waals surface area contributed by atoms with Crippen LogP contribution in [0.4, 0.5) is 0 Å². The molecule has 1 aliphatic carbocycles. The van der Waals surface area contributed by atoms with Gasteiger partial charge in [-0.2, -0.15) is 0 Å². The van der Waals surface area contributed by atoms with Crippen LogP contribution >= 0.6 is 0 Å². The maximum absolute atomic E-state index is 5.93. The smallest absolute Gasteiger partial charge is 0.191 e. The highest BCUT2D eigenvalue weighted by molar-refractivity contribution is 5.79. The third-order valence-corrected chi connectivity index (χ3v) is 4.47. The molecule has 0 heterocycles. The molecular weight excluding hydrogens is 316 g/mol. The maximum Gasteiger partial charge on any atom is 0.191 e. The van der Waals surface area contributed by atoms with E-state index in [1.54, 1.807) is 14.2 Å². The van der Waals surface area contributed by atoms with Crippen LogP contribution in [0.1, 0.15) is 19.8 Å². The molecule has 0 amide bonds. The number of guanidine groups is 1. The van der Waals surface area contributed by atoms with Crippen molar-refractivity contribution in [2.75, 3.05) is 41.3 Å². The van der Waals surface area contributed by atoms with Crippen molar-refractivity contribution in [3.63, 3.8) is 0 Å². The predicted molar refractivity (Wildman–Crippen MR) is 103 cm³/mol. The molecule has 25 heavy (non-hydrogen) atoms. The van der Waals surface area contributed by atoms with Gasteiger partial charge in [0.1, 0.15) is 17.6 Å². The Morgan fingerprint density at radius 3 is 2.52 bits per heavy atom. The number of benzene rings is 1. The van der Waals surface area contributed by atoms with E-state index in [9.17, 15) is 0 Å². The lowest BCUT2D eigenvalue weighted by Crippen LogP contribution is -2.47. The molecule has 2 atom stereocenters. The lowest BCUT2D eigenvalue weighted by Gasteiger charge is -2.25. The SMILES string of the molecule is CN=C(NCC(C)Oc1cccc(OC)c1)NCC(C1CC1)N(C)C. The Morgan fingerprint density at radius 2 is 1.92 bits per heavy atom. The summed E-state index contributed by atoms with van der Waals surface area (Å²) in [6.07, 6.45) is 2.68. The molecule has 2 N–H and O–H groups in total. The molecule has 1 fully saturated rings. The number of nitrogens with zero attached hydrogens (tertiary/aromatic N) is 2. The standard InChI is InChI=1S/C19H32N4O2/c1-14(25-17-8-6-7-16(11-17)24-5)12-21-19(20-2)22-13-18(23(3)4)15-9-10-15/h6-8,11,14-15,18H,9-10,12-13H2,1-5H3,(H2,20,21,22). The Labute approximate surface area is 151 Å².